The fourth-order valence-corrected chi connectivity index (χ4v) is 1.70. The van der Waals surface area contributed by atoms with Gasteiger partial charge in [-0.3, -0.25) is 9.59 Å². The van der Waals surface area contributed by atoms with E-state index in [1.807, 2.05) is 6.92 Å². The first kappa shape index (κ1) is 17.1. The fourth-order valence-electron chi connectivity index (χ4n) is 1.70. The number of aryl methyl sites for hydroxylation is 2. The van der Waals surface area contributed by atoms with Gasteiger partial charge in [0.15, 0.2) is 5.82 Å². The first-order chi connectivity index (χ1) is 9.82. The minimum absolute atomic E-state index is 0.122. The van der Waals surface area contributed by atoms with Crippen molar-refractivity contribution in [1.82, 2.24) is 15.5 Å². The van der Waals surface area contributed by atoms with Crippen molar-refractivity contribution in [2.45, 2.75) is 51.6 Å². The molecule has 1 aromatic rings. The van der Waals surface area contributed by atoms with E-state index in [1.54, 1.807) is 0 Å². The SMILES string of the molecule is CCCc1noc(CCC(=O)NCC(C)(O)CC(=O)O)n1. The van der Waals surface area contributed by atoms with E-state index in [-0.39, 0.29) is 18.9 Å². The number of nitrogens with zero attached hydrogens (tertiary/aromatic N) is 2. The number of rotatable bonds is 9. The van der Waals surface area contributed by atoms with Gasteiger partial charge < -0.3 is 20.1 Å². The van der Waals surface area contributed by atoms with E-state index in [1.165, 1.54) is 6.92 Å². The molecule has 1 amide bonds. The van der Waals surface area contributed by atoms with E-state index in [9.17, 15) is 14.7 Å². The topological polar surface area (TPSA) is 126 Å². The van der Waals surface area contributed by atoms with Gasteiger partial charge in [0.25, 0.3) is 0 Å². The monoisotopic (exact) mass is 299 g/mol. The molecule has 0 radical (unpaired) electrons. The van der Waals surface area contributed by atoms with Crippen molar-refractivity contribution in [3.8, 4) is 0 Å². The Hall–Kier alpha value is -1.96. The van der Waals surface area contributed by atoms with Crippen molar-refractivity contribution in [2.24, 2.45) is 0 Å². The van der Waals surface area contributed by atoms with E-state index in [0.29, 0.717) is 18.1 Å². The zero-order chi connectivity index (χ0) is 15.9. The predicted molar refractivity (Wildman–Crippen MR) is 72.5 cm³/mol. The standard InChI is InChI=1S/C13H21N3O5/c1-3-4-9-15-11(21-16-9)6-5-10(17)14-8-13(2,20)7-12(18)19/h20H,3-8H2,1-2H3,(H,14,17)(H,18,19). The van der Waals surface area contributed by atoms with Crippen LogP contribution in [0, 0.1) is 0 Å². The molecule has 0 bridgehead atoms. The van der Waals surface area contributed by atoms with E-state index in [0.717, 1.165) is 12.8 Å². The van der Waals surface area contributed by atoms with Gasteiger partial charge in [0.1, 0.15) is 0 Å². The third-order valence-electron chi connectivity index (χ3n) is 2.75. The second-order valence-electron chi connectivity index (χ2n) is 5.20. The van der Waals surface area contributed by atoms with Gasteiger partial charge in [-0.15, -0.1) is 0 Å². The van der Waals surface area contributed by atoms with Crippen LogP contribution in [0.2, 0.25) is 0 Å². The normalized spacial score (nSPS) is 13.7. The highest BCUT2D eigenvalue weighted by atomic mass is 16.5. The number of carbonyl (C=O) groups excluding carboxylic acids is 1. The second kappa shape index (κ2) is 7.72. The molecule has 0 aromatic carbocycles. The van der Waals surface area contributed by atoms with Gasteiger partial charge in [0, 0.05) is 25.8 Å². The number of carboxylic acid groups (broad SMARTS) is 1. The molecule has 3 N–H and O–H groups in total. The van der Waals surface area contributed by atoms with E-state index in [4.69, 9.17) is 9.63 Å². The molecule has 1 aromatic heterocycles. The average molecular weight is 299 g/mol. The third-order valence-corrected chi connectivity index (χ3v) is 2.75. The number of aliphatic hydroxyl groups is 1. The summed E-state index contributed by atoms with van der Waals surface area (Å²) in [6.45, 7) is 3.24. The lowest BCUT2D eigenvalue weighted by atomic mass is 10.0. The summed E-state index contributed by atoms with van der Waals surface area (Å²) in [7, 11) is 0. The van der Waals surface area contributed by atoms with Crippen LogP contribution in [0.1, 0.15) is 44.8 Å². The predicted octanol–water partition coefficient (Wildman–Crippen LogP) is 0.297. The molecule has 1 heterocycles. The van der Waals surface area contributed by atoms with E-state index < -0.39 is 18.0 Å². The molecule has 0 saturated carbocycles. The van der Waals surface area contributed by atoms with Crippen LogP contribution < -0.4 is 5.32 Å². The molecule has 1 atom stereocenters. The molecule has 8 nitrogen and oxygen atoms in total. The summed E-state index contributed by atoms with van der Waals surface area (Å²) < 4.78 is 5.00. The van der Waals surface area contributed by atoms with Gasteiger partial charge in [-0.25, -0.2) is 0 Å². The Bertz CT molecular complexity index is 484. The van der Waals surface area contributed by atoms with Crippen LogP contribution in [-0.2, 0) is 22.4 Å². The van der Waals surface area contributed by atoms with Crippen LogP contribution in [0.4, 0.5) is 0 Å². The molecular weight excluding hydrogens is 278 g/mol. The molecule has 0 aliphatic carbocycles. The molecule has 8 heteroatoms. The first-order valence-corrected chi connectivity index (χ1v) is 6.84. The summed E-state index contributed by atoms with van der Waals surface area (Å²) in [4.78, 5) is 26.3. The summed E-state index contributed by atoms with van der Waals surface area (Å²) in [6, 6.07) is 0. The Morgan fingerprint density at radius 3 is 2.71 bits per heavy atom. The van der Waals surface area contributed by atoms with Crippen molar-refractivity contribution in [3.05, 3.63) is 11.7 Å². The Labute approximate surface area is 122 Å². The number of carboxylic acids is 1. The molecule has 0 saturated heterocycles. The number of aliphatic carboxylic acids is 1. The zero-order valence-electron chi connectivity index (χ0n) is 12.3. The van der Waals surface area contributed by atoms with Crippen LogP contribution >= 0.6 is 0 Å². The summed E-state index contributed by atoms with van der Waals surface area (Å²) in [5.74, 6) is -0.414. The Balaban J connectivity index is 2.31. The average Bonchev–Trinajstić information content (AvgIpc) is 2.81. The first-order valence-electron chi connectivity index (χ1n) is 6.84. The van der Waals surface area contributed by atoms with Crippen LogP contribution in [0.5, 0.6) is 0 Å². The number of hydrogen-bond acceptors (Lipinski definition) is 6. The number of nitrogens with one attached hydrogen (secondary N) is 1. The largest absolute Gasteiger partial charge is 0.481 e. The number of amides is 1. The maximum absolute atomic E-state index is 11.6. The molecule has 1 unspecified atom stereocenters. The molecule has 21 heavy (non-hydrogen) atoms. The second-order valence-corrected chi connectivity index (χ2v) is 5.20. The number of carbonyl (C=O) groups is 2. The summed E-state index contributed by atoms with van der Waals surface area (Å²) >= 11 is 0. The van der Waals surface area contributed by atoms with E-state index >= 15 is 0 Å². The highest BCUT2D eigenvalue weighted by Gasteiger charge is 2.24. The summed E-state index contributed by atoms with van der Waals surface area (Å²) in [5.41, 5.74) is -1.47. The number of aromatic nitrogens is 2. The lowest BCUT2D eigenvalue weighted by Gasteiger charge is -2.21. The van der Waals surface area contributed by atoms with Gasteiger partial charge in [-0.2, -0.15) is 4.98 Å². The van der Waals surface area contributed by atoms with Gasteiger partial charge in [0.05, 0.1) is 12.0 Å². The lowest BCUT2D eigenvalue weighted by Crippen LogP contribution is -2.42. The van der Waals surface area contributed by atoms with Crippen LogP contribution in [0.15, 0.2) is 4.52 Å². The zero-order valence-corrected chi connectivity index (χ0v) is 12.3. The lowest BCUT2D eigenvalue weighted by molar-refractivity contribution is -0.142. The maximum Gasteiger partial charge on any atom is 0.306 e. The Morgan fingerprint density at radius 1 is 1.38 bits per heavy atom. The highest BCUT2D eigenvalue weighted by molar-refractivity contribution is 5.76. The quantitative estimate of drug-likeness (QED) is 0.598. The summed E-state index contributed by atoms with van der Waals surface area (Å²) in [5, 5.41) is 24.6. The van der Waals surface area contributed by atoms with Crippen LogP contribution in [0.3, 0.4) is 0 Å². The number of hydrogen-bond donors (Lipinski definition) is 3. The van der Waals surface area contributed by atoms with Gasteiger partial charge in [-0.05, 0) is 13.3 Å². The van der Waals surface area contributed by atoms with Crippen LogP contribution in [0.25, 0.3) is 0 Å². The Kier molecular flexibility index (Phi) is 6.29. The summed E-state index contributed by atoms with van der Waals surface area (Å²) in [6.07, 6.45) is 1.66. The van der Waals surface area contributed by atoms with E-state index in [2.05, 4.69) is 15.5 Å². The third kappa shape index (κ3) is 6.84. The van der Waals surface area contributed by atoms with Gasteiger partial charge >= 0.3 is 5.97 Å². The minimum Gasteiger partial charge on any atom is -0.481 e. The van der Waals surface area contributed by atoms with Crippen LogP contribution in [-0.4, -0.2) is 44.4 Å². The highest BCUT2D eigenvalue weighted by Crippen LogP contribution is 2.08. The Morgan fingerprint density at radius 2 is 2.10 bits per heavy atom. The van der Waals surface area contributed by atoms with Gasteiger partial charge in [0.2, 0.25) is 11.8 Å². The fraction of sp³-hybridized carbons (Fsp3) is 0.692. The molecule has 118 valence electrons. The van der Waals surface area contributed by atoms with Crippen molar-refractivity contribution in [2.75, 3.05) is 6.54 Å². The maximum atomic E-state index is 11.6. The molecular formula is C13H21N3O5. The molecule has 0 spiro atoms. The molecule has 0 fully saturated rings. The van der Waals surface area contributed by atoms with Crippen molar-refractivity contribution < 1.29 is 24.3 Å². The van der Waals surface area contributed by atoms with Gasteiger partial charge in [-0.1, -0.05) is 12.1 Å². The molecule has 0 aliphatic rings. The minimum atomic E-state index is -1.47. The van der Waals surface area contributed by atoms with Crippen molar-refractivity contribution >= 4 is 11.9 Å². The van der Waals surface area contributed by atoms with Crippen molar-refractivity contribution in [1.29, 1.82) is 0 Å². The molecule has 1 rings (SSSR count). The van der Waals surface area contributed by atoms with Crippen molar-refractivity contribution in [3.63, 3.8) is 0 Å². The molecule has 0 aliphatic heterocycles. The smallest absolute Gasteiger partial charge is 0.306 e.